The van der Waals surface area contributed by atoms with Crippen molar-refractivity contribution >= 4 is 11.8 Å². The van der Waals surface area contributed by atoms with E-state index in [-0.39, 0.29) is 18.8 Å². The Kier molecular flexibility index (Phi) is 3.82. The van der Waals surface area contributed by atoms with Crippen LogP contribution in [-0.4, -0.2) is 40.1 Å². The van der Waals surface area contributed by atoms with Gasteiger partial charge in [0.2, 0.25) is 0 Å². The fraction of sp³-hybridized carbons (Fsp3) is 0.308. The van der Waals surface area contributed by atoms with Crippen LogP contribution >= 0.6 is 0 Å². The van der Waals surface area contributed by atoms with Crippen LogP contribution in [0.5, 0.6) is 0 Å². The van der Waals surface area contributed by atoms with Crippen molar-refractivity contribution in [1.29, 1.82) is 0 Å². The van der Waals surface area contributed by atoms with E-state index >= 15 is 0 Å². The van der Waals surface area contributed by atoms with Gasteiger partial charge in [-0.25, -0.2) is 18.9 Å². The standard InChI is InChI=1S/C13H12FN7O2/c1-8-16-7-21(18-8)12-3-2-9(4-11(12)14)20-6-10(5-17-19-15)23-13(20)22/h2-4,7,10H,5-6H2,1H3. The molecule has 2 heterocycles. The van der Waals surface area contributed by atoms with Gasteiger partial charge in [-0.05, 0) is 30.7 Å². The molecule has 3 rings (SSSR count). The average Bonchev–Trinajstić information content (AvgIpc) is 3.11. The van der Waals surface area contributed by atoms with E-state index in [1.54, 1.807) is 13.0 Å². The third-order valence-corrected chi connectivity index (χ3v) is 3.32. The molecule has 23 heavy (non-hydrogen) atoms. The number of aromatic nitrogens is 3. The molecule has 2 aromatic rings. The predicted octanol–water partition coefficient (Wildman–Crippen LogP) is 2.35. The molecule has 0 N–H and O–H groups in total. The summed E-state index contributed by atoms with van der Waals surface area (Å²) in [6, 6.07) is 4.32. The molecule has 118 valence electrons. The Morgan fingerprint density at radius 1 is 1.57 bits per heavy atom. The van der Waals surface area contributed by atoms with Crippen LogP contribution < -0.4 is 4.90 Å². The topological polar surface area (TPSA) is 109 Å². The number of ether oxygens (including phenoxy) is 1. The van der Waals surface area contributed by atoms with Gasteiger partial charge >= 0.3 is 6.09 Å². The maximum absolute atomic E-state index is 14.3. The molecule has 9 nitrogen and oxygen atoms in total. The molecule has 1 unspecified atom stereocenters. The lowest BCUT2D eigenvalue weighted by Crippen LogP contribution is -2.25. The lowest BCUT2D eigenvalue weighted by Gasteiger charge is -2.14. The normalized spacial score (nSPS) is 17.0. The minimum atomic E-state index is -0.605. The Labute approximate surface area is 129 Å². The van der Waals surface area contributed by atoms with Crippen LogP contribution in [0.3, 0.4) is 0 Å². The minimum absolute atomic E-state index is 0.0392. The van der Waals surface area contributed by atoms with Gasteiger partial charge in [-0.15, -0.1) is 0 Å². The number of anilines is 1. The third-order valence-electron chi connectivity index (χ3n) is 3.32. The highest BCUT2D eigenvalue weighted by atomic mass is 19.1. The first kappa shape index (κ1) is 14.8. The molecule has 1 fully saturated rings. The zero-order chi connectivity index (χ0) is 16.4. The number of cyclic esters (lactones) is 1. The molecule has 0 saturated carbocycles. The summed E-state index contributed by atoms with van der Waals surface area (Å²) in [5.74, 6) is -0.0174. The lowest BCUT2D eigenvalue weighted by atomic mass is 10.2. The molecule has 1 atom stereocenters. The van der Waals surface area contributed by atoms with Gasteiger partial charge in [0.15, 0.2) is 5.82 Å². The summed E-state index contributed by atoms with van der Waals surface area (Å²) in [7, 11) is 0. The second-order valence-electron chi connectivity index (χ2n) is 4.90. The number of carbonyl (C=O) groups excluding carboxylic acids is 1. The molecular weight excluding hydrogens is 305 g/mol. The van der Waals surface area contributed by atoms with Crippen LogP contribution in [0.1, 0.15) is 5.82 Å². The predicted molar refractivity (Wildman–Crippen MR) is 77.7 cm³/mol. The molecule has 0 radical (unpaired) electrons. The van der Waals surface area contributed by atoms with E-state index in [0.29, 0.717) is 11.5 Å². The summed E-state index contributed by atoms with van der Waals surface area (Å²) in [6.07, 6.45) is 0.263. The summed E-state index contributed by atoms with van der Waals surface area (Å²) < 4.78 is 20.7. The summed E-state index contributed by atoms with van der Waals surface area (Å²) in [5, 5.41) is 7.42. The van der Waals surface area contributed by atoms with Gasteiger partial charge in [0.05, 0.1) is 18.8 Å². The van der Waals surface area contributed by atoms with E-state index in [2.05, 4.69) is 20.1 Å². The first-order chi connectivity index (χ1) is 11.1. The van der Waals surface area contributed by atoms with E-state index in [1.807, 2.05) is 0 Å². The van der Waals surface area contributed by atoms with Crippen molar-refractivity contribution in [2.45, 2.75) is 13.0 Å². The molecule has 1 saturated heterocycles. The van der Waals surface area contributed by atoms with Crippen molar-refractivity contribution < 1.29 is 13.9 Å². The monoisotopic (exact) mass is 317 g/mol. The number of aryl methyl sites for hydroxylation is 1. The Hall–Kier alpha value is -3.13. The number of halogens is 1. The highest BCUT2D eigenvalue weighted by Crippen LogP contribution is 2.25. The lowest BCUT2D eigenvalue weighted by molar-refractivity contribution is 0.145. The summed E-state index contributed by atoms with van der Waals surface area (Å²) in [5.41, 5.74) is 8.88. The first-order valence-electron chi connectivity index (χ1n) is 6.75. The van der Waals surface area contributed by atoms with E-state index in [9.17, 15) is 9.18 Å². The van der Waals surface area contributed by atoms with Gasteiger partial charge in [0, 0.05) is 4.91 Å². The Morgan fingerprint density at radius 2 is 2.39 bits per heavy atom. The van der Waals surface area contributed by atoms with E-state index in [0.717, 1.165) is 0 Å². The number of amides is 1. The third kappa shape index (κ3) is 2.92. The Bertz CT molecular complexity index is 799. The maximum Gasteiger partial charge on any atom is 0.414 e. The van der Waals surface area contributed by atoms with E-state index < -0.39 is 18.0 Å². The van der Waals surface area contributed by atoms with Gasteiger partial charge in [0.25, 0.3) is 0 Å². The molecule has 0 bridgehead atoms. The maximum atomic E-state index is 14.3. The highest BCUT2D eigenvalue weighted by molar-refractivity contribution is 5.89. The molecular formula is C13H12FN7O2. The fourth-order valence-electron chi connectivity index (χ4n) is 2.27. The van der Waals surface area contributed by atoms with Crippen LogP contribution in [0.15, 0.2) is 29.6 Å². The van der Waals surface area contributed by atoms with Crippen LogP contribution in [0, 0.1) is 12.7 Å². The Balaban J connectivity index is 1.83. The number of rotatable bonds is 4. The van der Waals surface area contributed by atoms with Crippen molar-refractivity contribution in [3.63, 3.8) is 0 Å². The number of benzene rings is 1. The van der Waals surface area contributed by atoms with Crippen molar-refractivity contribution in [3.8, 4) is 5.69 Å². The molecule has 0 spiro atoms. The molecule has 10 heteroatoms. The zero-order valence-electron chi connectivity index (χ0n) is 12.1. The number of nitrogens with zero attached hydrogens (tertiary/aromatic N) is 7. The SMILES string of the molecule is Cc1ncn(-c2ccc(N3CC(CN=[N+]=[N-])OC3=O)cc2F)n1. The number of azide groups is 1. The van der Waals surface area contributed by atoms with Gasteiger partial charge in [0.1, 0.15) is 23.9 Å². The van der Waals surface area contributed by atoms with Crippen molar-refractivity contribution in [2.24, 2.45) is 5.11 Å². The molecule has 1 aromatic heterocycles. The number of hydrogen-bond acceptors (Lipinski definition) is 5. The smallest absolute Gasteiger partial charge is 0.414 e. The van der Waals surface area contributed by atoms with E-state index in [4.69, 9.17) is 10.3 Å². The van der Waals surface area contributed by atoms with Gasteiger partial charge in [-0.1, -0.05) is 5.11 Å². The zero-order valence-corrected chi connectivity index (χ0v) is 12.1. The average molecular weight is 317 g/mol. The van der Waals surface area contributed by atoms with Crippen molar-refractivity contribution in [2.75, 3.05) is 18.0 Å². The molecule has 0 aliphatic carbocycles. The highest BCUT2D eigenvalue weighted by Gasteiger charge is 2.32. The number of carbonyl (C=O) groups is 1. The molecule has 1 aromatic carbocycles. The van der Waals surface area contributed by atoms with Crippen LogP contribution in [0.4, 0.5) is 14.9 Å². The summed E-state index contributed by atoms with van der Waals surface area (Å²) in [4.78, 5) is 19.7. The van der Waals surface area contributed by atoms with Gasteiger partial charge in [-0.2, -0.15) is 5.10 Å². The second kappa shape index (κ2) is 5.93. The van der Waals surface area contributed by atoms with Crippen molar-refractivity contribution in [3.05, 3.63) is 46.6 Å². The first-order valence-corrected chi connectivity index (χ1v) is 6.75. The second-order valence-corrected chi connectivity index (χ2v) is 4.90. The molecule has 1 amide bonds. The minimum Gasteiger partial charge on any atom is -0.444 e. The van der Waals surface area contributed by atoms with Gasteiger partial charge < -0.3 is 4.74 Å². The molecule has 1 aliphatic rings. The van der Waals surface area contributed by atoms with Crippen LogP contribution in [-0.2, 0) is 4.74 Å². The summed E-state index contributed by atoms with van der Waals surface area (Å²) >= 11 is 0. The molecule has 1 aliphatic heterocycles. The largest absolute Gasteiger partial charge is 0.444 e. The van der Waals surface area contributed by atoms with Gasteiger partial charge in [-0.3, -0.25) is 4.90 Å². The van der Waals surface area contributed by atoms with Crippen molar-refractivity contribution in [1.82, 2.24) is 14.8 Å². The quantitative estimate of drug-likeness (QED) is 0.489. The van der Waals surface area contributed by atoms with Crippen LogP contribution in [0.25, 0.3) is 16.1 Å². The number of hydrogen-bond donors (Lipinski definition) is 0. The van der Waals surface area contributed by atoms with E-state index in [1.165, 1.54) is 28.0 Å². The van der Waals surface area contributed by atoms with Crippen LogP contribution in [0.2, 0.25) is 0 Å². The fourth-order valence-corrected chi connectivity index (χ4v) is 2.27. The Morgan fingerprint density at radius 3 is 3.04 bits per heavy atom. The summed E-state index contributed by atoms with van der Waals surface area (Å²) in [6.45, 7) is 1.93.